The van der Waals surface area contributed by atoms with Gasteiger partial charge in [0.05, 0.1) is 13.1 Å². The molecular weight excluding hydrogens is 213 g/mol. The largest absolute Gasteiger partial charge is 0.401 e. The minimum Gasteiger partial charge on any atom is -0.288 e. The van der Waals surface area contributed by atoms with Gasteiger partial charge in [-0.05, 0) is 6.54 Å². The van der Waals surface area contributed by atoms with E-state index in [9.17, 15) is 23.3 Å². The van der Waals surface area contributed by atoms with Gasteiger partial charge in [-0.15, -0.1) is 0 Å². The molecule has 0 heterocycles. The Labute approximate surface area is 86.2 Å². The molecule has 0 bridgehead atoms. The van der Waals surface area contributed by atoms with Crippen LogP contribution in [0.25, 0.3) is 0 Å². The van der Waals surface area contributed by atoms with Gasteiger partial charge in [-0.2, -0.15) is 13.2 Å². The Hall–Kier alpha value is -0.850. The minimum atomic E-state index is -4.32. The van der Waals surface area contributed by atoms with Crippen molar-refractivity contribution in [3.8, 4) is 0 Å². The minimum absolute atomic E-state index is 0.136. The van der Waals surface area contributed by atoms with E-state index >= 15 is 0 Å². The fourth-order valence-electron chi connectivity index (χ4n) is 1.14. The quantitative estimate of drug-likeness (QED) is 0.533. The number of halogens is 3. The molecule has 0 aromatic carbocycles. The van der Waals surface area contributed by atoms with Gasteiger partial charge in [-0.1, -0.05) is 6.92 Å². The average Bonchev–Trinajstić information content (AvgIpc) is 1.99. The molecule has 0 aromatic rings. The summed E-state index contributed by atoms with van der Waals surface area (Å²) in [4.78, 5) is 11.0. The van der Waals surface area contributed by atoms with Crippen molar-refractivity contribution in [2.75, 3.05) is 19.6 Å². The summed E-state index contributed by atoms with van der Waals surface area (Å²) in [5, 5.41) is 10.5. The predicted octanol–water partition coefficient (Wildman–Crippen LogP) is 1.93. The lowest BCUT2D eigenvalue weighted by molar-refractivity contribution is -0.561. The standard InChI is InChI=1S/C8H15F3N2O2/c1-4-12(6-8(9,10)11)5-7(2,3)13(14)15/h4-6H2,1-3H3. The van der Waals surface area contributed by atoms with Crippen molar-refractivity contribution in [1.82, 2.24) is 4.90 Å². The van der Waals surface area contributed by atoms with Gasteiger partial charge in [0, 0.05) is 18.8 Å². The first-order valence-electron chi connectivity index (χ1n) is 4.52. The van der Waals surface area contributed by atoms with Crippen LogP contribution < -0.4 is 0 Å². The molecule has 0 saturated carbocycles. The molecule has 0 aliphatic carbocycles. The Kier molecular flexibility index (Phi) is 4.51. The Morgan fingerprint density at radius 3 is 2.00 bits per heavy atom. The van der Waals surface area contributed by atoms with Gasteiger partial charge in [0.1, 0.15) is 0 Å². The van der Waals surface area contributed by atoms with Crippen molar-refractivity contribution in [2.24, 2.45) is 0 Å². The van der Waals surface area contributed by atoms with Gasteiger partial charge in [0.25, 0.3) is 0 Å². The molecule has 0 rings (SSSR count). The number of nitrogens with zero attached hydrogens (tertiary/aromatic N) is 2. The van der Waals surface area contributed by atoms with Crippen LogP contribution in [0.4, 0.5) is 13.2 Å². The Morgan fingerprint density at radius 1 is 1.27 bits per heavy atom. The molecule has 0 aliphatic heterocycles. The van der Waals surface area contributed by atoms with E-state index in [4.69, 9.17) is 0 Å². The molecule has 0 aromatic heterocycles. The first-order chi connectivity index (χ1) is 6.58. The zero-order valence-electron chi connectivity index (χ0n) is 8.97. The third-order valence-electron chi connectivity index (χ3n) is 1.95. The summed E-state index contributed by atoms with van der Waals surface area (Å²) in [5.41, 5.74) is -1.36. The molecule has 0 fully saturated rings. The highest BCUT2D eigenvalue weighted by Crippen LogP contribution is 2.18. The monoisotopic (exact) mass is 228 g/mol. The fraction of sp³-hybridized carbons (Fsp3) is 1.00. The molecule has 4 nitrogen and oxygen atoms in total. The molecular formula is C8H15F3N2O2. The number of rotatable bonds is 5. The molecule has 0 unspecified atom stereocenters. The second-order valence-electron chi connectivity index (χ2n) is 3.99. The van der Waals surface area contributed by atoms with E-state index in [2.05, 4.69) is 0 Å². The summed E-state index contributed by atoms with van der Waals surface area (Å²) >= 11 is 0. The summed E-state index contributed by atoms with van der Waals surface area (Å²) in [5.74, 6) is 0. The number of hydrogen-bond acceptors (Lipinski definition) is 3. The van der Waals surface area contributed by atoms with E-state index in [0.29, 0.717) is 0 Å². The summed E-state index contributed by atoms with van der Waals surface area (Å²) in [6.07, 6.45) is -4.32. The molecule has 0 saturated heterocycles. The van der Waals surface area contributed by atoms with Crippen molar-refractivity contribution in [3.05, 3.63) is 10.1 Å². The molecule has 0 atom stereocenters. The van der Waals surface area contributed by atoms with Gasteiger partial charge < -0.3 is 0 Å². The Balaban J connectivity index is 4.40. The van der Waals surface area contributed by atoms with Crippen LogP contribution in [0, 0.1) is 10.1 Å². The van der Waals surface area contributed by atoms with Gasteiger partial charge >= 0.3 is 6.18 Å². The maximum Gasteiger partial charge on any atom is 0.401 e. The van der Waals surface area contributed by atoms with Crippen LogP contribution in [0.15, 0.2) is 0 Å². The lowest BCUT2D eigenvalue weighted by atomic mass is 10.1. The average molecular weight is 228 g/mol. The van der Waals surface area contributed by atoms with Crippen LogP contribution in [0.5, 0.6) is 0 Å². The Bertz CT molecular complexity index is 228. The Morgan fingerprint density at radius 2 is 1.73 bits per heavy atom. The normalized spacial score (nSPS) is 13.3. The van der Waals surface area contributed by atoms with Crippen LogP contribution in [-0.2, 0) is 0 Å². The third kappa shape index (κ3) is 5.56. The number of alkyl halides is 3. The second-order valence-corrected chi connectivity index (χ2v) is 3.99. The molecule has 7 heteroatoms. The van der Waals surface area contributed by atoms with Crippen LogP contribution in [0.3, 0.4) is 0 Å². The molecule has 0 aliphatic rings. The number of nitro groups is 1. The molecule has 15 heavy (non-hydrogen) atoms. The predicted molar refractivity (Wildman–Crippen MR) is 49.2 cm³/mol. The summed E-state index contributed by atoms with van der Waals surface area (Å²) in [7, 11) is 0. The molecule has 0 N–H and O–H groups in total. The SMILES string of the molecule is CCN(CC(F)(F)F)CC(C)(C)[N+](=O)[O-]. The van der Waals surface area contributed by atoms with Crippen LogP contribution >= 0.6 is 0 Å². The molecule has 0 spiro atoms. The maximum absolute atomic E-state index is 12.1. The lowest BCUT2D eigenvalue weighted by Gasteiger charge is -2.26. The first kappa shape index (κ1) is 14.2. The summed E-state index contributed by atoms with van der Waals surface area (Å²) in [6, 6.07) is 0. The van der Waals surface area contributed by atoms with Crippen molar-refractivity contribution >= 4 is 0 Å². The van der Waals surface area contributed by atoms with Crippen LogP contribution in [0.2, 0.25) is 0 Å². The number of hydrogen-bond donors (Lipinski definition) is 0. The smallest absolute Gasteiger partial charge is 0.288 e. The van der Waals surface area contributed by atoms with E-state index in [1.165, 1.54) is 13.8 Å². The maximum atomic E-state index is 12.1. The van der Waals surface area contributed by atoms with E-state index in [1.54, 1.807) is 6.92 Å². The van der Waals surface area contributed by atoms with Crippen molar-refractivity contribution in [1.29, 1.82) is 0 Å². The van der Waals surface area contributed by atoms with E-state index < -0.39 is 23.2 Å². The van der Waals surface area contributed by atoms with E-state index in [-0.39, 0.29) is 13.1 Å². The highest BCUT2D eigenvalue weighted by molar-refractivity contribution is 4.74. The van der Waals surface area contributed by atoms with Crippen LogP contribution in [-0.4, -0.2) is 41.2 Å². The lowest BCUT2D eigenvalue weighted by Crippen LogP contribution is -2.47. The molecule has 0 amide bonds. The van der Waals surface area contributed by atoms with Crippen molar-refractivity contribution in [3.63, 3.8) is 0 Å². The molecule has 0 radical (unpaired) electrons. The highest BCUT2D eigenvalue weighted by atomic mass is 19.4. The zero-order chi connectivity index (χ0) is 12.3. The third-order valence-corrected chi connectivity index (χ3v) is 1.95. The first-order valence-corrected chi connectivity index (χ1v) is 4.52. The number of likely N-dealkylation sites (N-methyl/N-ethyl adjacent to an activating group) is 1. The molecule has 90 valence electrons. The van der Waals surface area contributed by atoms with Gasteiger partial charge in [0.2, 0.25) is 5.54 Å². The van der Waals surface area contributed by atoms with Crippen molar-refractivity contribution in [2.45, 2.75) is 32.5 Å². The highest BCUT2D eigenvalue weighted by Gasteiger charge is 2.37. The topological polar surface area (TPSA) is 46.4 Å². The second kappa shape index (κ2) is 4.78. The van der Waals surface area contributed by atoms with Crippen LogP contribution in [0.1, 0.15) is 20.8 Å². The van der Waals surface area contributed by atoms with Gasteiger partial charge in [-0.3, -0.25) is 15.0 Å². The van der Waals surface area contributed by atoms with E-state index in [0.717, 1.165) is 4.90 Å². The fourth-order valence-corrected chi connectivity index (χ4v) is 1.14. The van der Waals surface area contributed by atoms with Crippen molar-refractivity contribution < 1.29 is 18.1 Å². The zero-order valence-corrected chi connectivity index (χ0v) is 8.97. The summed E-state index contributed by atoms with van der Waals surface area (Å²) in [6.45, 7) is 2.98. The summed E-state index contributed by atoms with van der Waals surface area (Å²) < 4.78 is 36.2. The van der Waals surface area contributed by atoms with Gasteiger partial charge in [-0.25, -0.2) is 0 Å². The van der Waals surface area contributed by atoms with E-state index in [1.807, 2.05) is 0 Å². The van der Waals surface area contributed by atoms with Gasteiger partial charge in [0.15, 0.2) is 0 Å².